The molecular formula is C14H21N3O3. The van der Waals surface area contributed by atoms with Gasteiger partial charge in [0.15, 0.2) is 0 Å². The van der Waals surface area contributed by atoms with Gasteiger partial charge < -0.3 is 9.64 Å². The zero-order valence-electron chi connectivity index (χ0n) is 12.0. The Morgan fingerprint density at radius 1 is 1.40 bits per heavy atom. The minimum Gasteiger partial charge on any atom is -0.383 e. The van der Waals surface area contributed by atoms with Crippen molar-refractivity contribution in [3.63, 3.8) is 0 Å². The van der Waals surface area contributed by atoms with Crippen LogP contribution in [0.4, 0.5) is 0 Å². The first kappa shape index (κ1) is 14.7. The molecule has 2 heterocycles. The number of methoxy groups -OCH3 is 1. The van der Waals surface area contributed by atoms with Gasteiger partial charge in [0.25, 0.3) is 11.5 Å². The molecule has 0 aromatic carbocycles. The lowest BCUT2D eigenvalue weighted by Crippen LogP contribution is -2.39. The largest absolute Gasteiger partial charge is 0.383 e. The molecule has 1 fully saturated rings. The molecule has 0 atom stereocenters. The first-order valence-electron chi connectivity index (χ1n) is 6.98. The highest BCUT2D eigenvalue weighted by molar-refractivity contribution is 5.92. The van der Waals surface area contributed by atoms with Gasteiger partial charge in [-0.25, -0.2) is 4.68 Å². The number of piperidine rings is 1. The Kier molecular flexibility index (Phi) is 4.89. The fourth-order valence-corrected chi connectivity index (χ4v) is 2.27. The predicted molar refractivity (Wildman–Crippen MR) is 74.7 cm³/mol. The van der Waals surface area contributed by atoms with Crippen molar-refractivity contribution in [3.8, 4) is 0 Å². The van der Waals surface area contributed by atoms with E-state index in [-0.39, 0.29) is 11.5 Å². The Hall–Kier alpha value is -1.69. The number of aromatic nitrogens is 2. The molecule has 0 spiro atoms. The molecule has 1 aromatic rings. The molecular weight excluding hydrogens is 258 g/mol. The Morgan fingerprint density at radius 2 is 2.10 bits per heavy atom. The van der Waals surface area contributed by atoms with Crippen LogP contribution in [0.1, 0.15) is 30.3 Å². The van der Waals surface area contributed by atoms with Gasteiger partial charge in [-0.15, -0.1) is 0 Å². The van der Waals surface area contributed by atoms with Gasteiger partial charge >= 0.3 is 0 Å². The van der Waals surface area contributed by atoms with Crippen molar-refractivity contribution < 1.29 is 9.53 Å². The van der Waals surface area contributed by atoms with E-state index in [1.54, 1.807) is 7.11 Å². The van der Waals surface area contributed by atoms with E-state index in [1.807, 2.05) is 4.90 Å². The zero-order valence-corrected chi connectivity index (χ0v) is 12.0. The fourth-order valence-electron chi connectivity index (χ4n) is 2.27. The summed E-state index contributed by atoms with van der Waals surface area (Å²) in [4.78, 5) is 25.8. The third-order valence-electron chi connectivity index (χ3n) is 3.66. The highest BCUT2D eigenvalue weighted by Crippen LogP contribution is 2.17. The van der Waals surface area contributed by atoms with Crippen LogP contribution in [0.3, 0.4) is 0 Å². The Morgan fingerprint density at radius 3 is 2.75 bits per heavy atom. The Bertz CT molecular complexity index is 519. The first-order valence-corrected chi connectivity index (χ1v) is 6.98. The molecule has 0 N–H and O–H groups in total. The van der Waals surface area contributed by atoms with Crippen LogP contribution in [0.5, 0.6) is 0 Å². The molecule has 1 saturated heterocycles. The number of carbonyl (C=O) groups is 1. The Labute approximate surface area is 118 Å². The first-order chi connectivity index (χ1) is 9.61. The van der Waals surface area contributed by atoms with Crippen LogP contribution in [-0.4, -0.2) is 47.4 Å². The van der Waals surface area contributed by atoms with Gasteiger partial charge in [0, 0.05) is 26.3 Å². The molecule has 20 heavy (non-hydrogen) atoms. The minimum atomic E-state index is -0.217. The van der Waals surface area contributed by atoms with Gasteiger partial charge in [0.1, 0.15) is 5.69 Å². The van der Waals surface area contributed by atoms with E-state index in [4.69, 9.17) is 4.74 Å². The predicted octanol–water partition coefficient (Wildman–Crippen LogP) is 0.762. The molecule has 1 aliphatic heterocycles. The lowest BCUT2D eigenvalue weighted by molar-refractivity contribution is 0.0687. The summed E-state index contributed by atoms with van der Waals surface area (Å²) in [7, 11) is 1.56. The second-order valence-corrected chi connectivity index (χ2v) is 5.25. The summed E-state index contributed by atoms with van der Waals surface area (Å²) < 4.78 is 6.22. The molecule has 0 radical (unpaired) electrons. The summed E-state index contributed by atoms with van der Waals surface area (Å²) in [6.45, 7) is 4.47. The summed E-state index contributed by atoms with van der Waals surface area (Å²) in [5.74, 6) is 0.575. The van der Waals surface area contributed by atoms with E-state index < -0.39 is 0 Å². The second-order valence-electron chi connectivity index (χ2n) is 5.25. The van der Waals surface area contributed by atoms with Crippen molar-refractivity contribution in [1.82, 2.24) is 14.7 Å². The quantitative estimate of drug-likeness (QED) is 0.816. The van der Waals surface area contributed by atoms with Crippen LogP contribution in [-0.2, 0) is 11.3 Å². The van der Waals surface area contributed by atoms with Gasteiger partial charge in [-0.2, -0.15) is 5.10 Å². The molecule has 0 saturated carbocycles. The van der Waals surface area contributed by atoms with E-state index >= 15 is 0 Å². The van der Waals surface area contributed by atoms with E-state index in [1.165, 1.54) is 16.8 Å². The lowest BCUT2D eigenvalue weighted by atomic mass is 9.99. The third kappa shape index (κ3) is 3.45. The maximum atomic E-state index is 12.4. The second kappa shape index (κ2) is 6.65. The maximum absolute atomic E-state index is 12.4. The molecule has 110 valence electrons. The summed E-state index contributed by atoms with van der Waals surface area (Å²) in [6.07, 6.45) is 2.05. The average molecular weight is 279 g/mol. The number of likely N-dealkylation sites (tertiary alicyclic amines) is 1. The van der Waals surface area contributed by atoms with Gasteiger partial charge in [-0.1, -0.05) is 6.92 Å². The molecule has 1 aromatic heterocycles. The van der Waals surface area contributed by atoms with Crippen LogP contribution in [0.15, 0.2) is 16.9 Å². The maximum Gasteiger partial charge on any atom is 0.274 e. The van der Waals surface area contributed by atoms with Crippen LogP contribution in [0.2, 0.25) is 0 Å². The van der Waals surface area contributed by atoms with Crippen molar-refractivity contribution in [2.45, 2.75) is 26.3 Å². The number of rotatable bonds is 4. The number of amides is 1. The van der Waals surface area contributed by atoms with Crippen molar-refractivity contribution >= 4 is 5.91 Å². The smallest absolute Gasteiger partial charge is 0.274 e. The molecule has 6 heteroatoms. The summed E-state index contributed by atoms with van der Waals surface area (Å²) in [6, 6.07) is 2.90. The highest BCUT2D eigenvalue weighted by atomic mass is 16.5. The molecule has 1 amide bonds. The molecule has 0 unspecified atom stereocenters. The molecule has 1 aliphatic rings. The molecule has 2 rings (SSSR count). The van der Waals surface area contributed by atoms with Gasteiger partial charge in [0.05, 0.1) is 13.2 Å². The van der Waals surface area contributed by atoms with E-state index in [2.05, 4.69) is 12.0 Å². The molecule has 0 bridgehead atoms. The lowest BCUT2D eigenvalue weighted by Gasteiger charge is -2.30. The van der Waals surface area contributed by atoms with Crippen molar-refractivity contribution in [2.24, 2.45) is 5.92 Å². The Balaban J connectivity index is 2.11. The van der Waals surface area contributed by atoms with E-state index in [0.717, 1.165) is 25.9 Å². The number of hydrogen-bond acceptors (Lipinski definition) is 4. The molecule has 0 aliphatic carbocycles. The van der Waals surface area contributed by atoms with Gasteiger partial charge in [-0.3, -0.25) is 9.59 Å². The highest BCUT2D eigenvalue weighted by Gasteiger charge is 2.22. The van der Waals surface area contributed by atoms with Gasteiger partial charge in [0.2, 0.25) is 0 Å². The van der Waals surface area contributed by atoms with Crippen LogP contribution >= 0.6 is 0 Å². The van der Waals surface area contributed by atoms with Crippen molar-refractivity contribution in [3.05, 3.63) is 28.2 Å². The number of hydrogen-bond donors (Lipinski definition) is 0. The number of carbonyl (C=O) groups excluding carboxylic acids is 1. The van der Waals surface area contributed by atoms with Crippen molar-refractivity contribution in [1.29, 1.82) is 0 Å². The van der Waals surface area contributed by atoms with Crippen molar-refractivity contribution in [2.75, 3.05) is 26.8 Å². The zero-order chi connectivity index (χ0) is 14.5. The third-order valence-corrected chi connectivity index (χ3v) is 3.66. The monoisotopic (exact) mass is 279 g/mol. The van der Waals surface area contributed by atoms with Gasteiger partial charge in [-0.05, 0) is 24.8 Å². The van der Waals surface area contributed by atoms with Crippen LogP contribution in [0, 0.1) is 5.92 Å². The van der Waals surface area contributed by atoms with E-state index in [0.29, 0.717) is 24.8 Å². The fraction of sp³-hybridized carbons (Fsp3) is 0.643. The normalized spacial score (nSPS) is 16.4. The summed E-state index contributed by atoms with van der Waals surface area (Å²) >= 11 is 0. The van der Waals surface area contributed by atoms with Crippen LogP contribution < -0.4 is 5.56 Å². The van der Waals surface area contributed by atoms with Crippen LogP contribution in [0.25, 0.3) is 0 Å². The van der Waals surface area contributed by atoms with E-state index in [9.17, 15) is 9.59 Å². The number of ether oxygens (including phenoxy) is 1. The number of nitrogens with zero attached hydrogens (tertiary/aromatic N) is 3. The average Bonchev–Trinajstić information content (AvgIpc) is 2.46. The SMILES string of the molecule is COCCn1nc(C(=O)N2CCC(C)CC2)ccc1=O. The summed E-state index contributed by atoms with van der Waals surface area (Å²) in [5.41, 5.74) is 0.112. The molecule has 6 nitrogen and oxygen atoms in total. The minimum absolute atomic E-state index is 0.0944. The summed E-state index contributed by atoms with van der Waals surface area (Å²) in [5, 5.41) is 4.14. The topological polar surface area (TPSA) is 64.4 Å². The standard InChI is InChI=1S/C14H21N3O3/c1-11-5-7-16(8-6-11)14(19)12-3-4-13(18)17(15-12)9-10-20-2/h3-4,11H,5-10H2,1-2H3.